The molecular weight excluding hydrogens is 350 g/mol. The van der Waals surface area contributed by atoms with Gasteiger partial charge < -0.3 is 10.1 Å². The standard InChI is InChI=1S/C17H20ClNO2S2/c1-11-4-6-15(21-3)14(8-11)12(2)19-17(20)10-22-9-13-5-7-16(18)23-13/h4-8,12H,9-10H2,1-3H3,(H,19,20)/t12-/m0/s1. The highest BCUT2D eigenvalue weighted by Crippen LogP contribution is 2.27. The van der Waals surface area contributed by atoms with Gasteiger partial charge in [0.05, 0.1) is 23.2 Å². The van der Waals surface area contributed by atoms with E-state index in [-0.39, 0.29) is 11.9 Å². The maximum Gasteiger partial charge on any atom is 0.230 e. The second-order valence-corrected chi connectivity index (χ2v) is 8.02. The minimum Gasteiger partial charge on any atom is -0.496 e. The summed E-state index contributed by atoms with van der Waals surface area (Å²) >= 11 is 9.04. The number of rotatable bonds is 7. The Balaban J connectivity index is 1.86. The van der Waals surface area contributed by atoms with Gasteiger partial charge in [0.1, 0.15) is 5.75 Å². The number of benzene rings is 1. The van der Waals surface area contributed by atoms with Crippen LogP contribution >= 0.6 is 34.7 Å². The van der Waals surface area contributed by atoms with Gasteiger partial charge in [-0.15, -0.1) is 23.1 Å². The van der Waals surface area contributed by atoms with Crippen molar-refractivity contribution >= 4 is 40.6 Å². The summed E-state index contributed by atoms with van der Waals surface area (Å²) in [6, 6.07) is 9.77. The smallest absolute Gasteiger partial charge is 0.230 e. The van der Waals surface area contributed by atoms with E-state index in [9.17, 15) is 4.79 Å². The van der Waals surface area contributed by atoms with E-state index in [0.717, 1.165) is 27.0 Å². The number of hydrogen-bond acceptors (Lipinski definition) is 4. The van der Waals surface area contributed by atoms with Crippen molar-refractivity contribution in [3.05, 3.63) is 50.7 Å². The third kappa shape index (κ3) is 5.44. The maximum atomic E-state index is 12.1. The number of halogens is 1. The van der Waals surface area contributed by atoms with Crippen molar-refractivity contribution in [2.24, 2.45) is 0 Å². The number of hydrogen-bond donors (Lipinski definition) is 1. The quantitative estimate of drug-likeness (QED) is 0.759. The van der Waals surface area contributed by atoms with Crippen LogP contribution in [0.1, 0.15) is 29.0 Å². The molecule has 1 heterocycles. The zero-order chi connectivity index (χ0) is 16.8. The highest BCUT2D eigenvalue weighted by Gasteiger charge is 2.14. The summed E-state index contributed by atoms with van der Waals surface area (Å²) in [5, 5.41) is 3.03. The van der Waals surface area contributed by atoms with Crippen LogP contribution in [0.25, 0.3) is 0 Å². The molecule has 0 saturated heterocycles. The number of carbonyl (C=O) groups is 1. The van der Waals surface area contributed by atoms with E-state index in [1.807, 2.05) is 44.2 Å². The number of aryl methyl sites for hydroxylation is 1. The van der Waals surface area contributed by atoms with Crippen LogP contribution in [-0.4, -0.2) is 18.8 Å². The molecule has 0 fully saturated rings. The first-order chi connectivity index (χ1) is 11.0. The summed E-state index contributed by atoms with van der Waals surface area (Å²) in [6.45, 7) is 4.00. The predicted molar refractivity (Wildman–Crippen MR) is 99.8 cm³/mol. The highest BCUT2D eigenvalue weighted by atomic mass is 35.5. The molecule has 1 N–H and O–H groups in total. The Morgan fingerprint density at radius 3 is 2.83 bits per heavy atom. The lowest BCUT2D eigenvalue weighted by atomic mass is 10.0. The first kappa shape index (κ1) is 18.2. The third-order valence-corrected chi connectivity index (χ3v) is 5.73. The van der Waals surface area contributed by atoms with Crippen molar-refractivity contribution in [1.29, 1.82) is 0 Å². The maximum absolute atomic E-state index is 12.1. The molecule has 0 aliphatic carbocycles. The Labute approximate surface area is 150 Å². The van der Waals surface area contributed by atoms with Gasteiger partial charge in [-0.1, -0.05) is 29.3 Å². The molecule has 0 bridgehead atoms. The minimum absolute atomic E-state index is 0.0220. The zero-order valence-corrected chi connectivity index (χ0v) is 15.8. The molecule has 124 valence electrons. The van der Waals surface area contributed by atoms with Gasteiger partial charge in [-0.05, 0) is 32.0 Å². The molecule has 3 nitrogen and oxygen atoms in total. The Kier molecular flexibility index (Phi) is 6.81. The molecule has 1 amide bonds. The molecule has 23 heavy (non-hydrogen) atoms. The van der Waals surface area contributed by atoms with Crippen molar-refractivity contribution in [3.8, 4) is 5.75 Å². The fourth-order valence-corrected chi connectivity index (χ4v) is 4.26. The average Bonchev–Trinajstić information content (AvgIpc) is 2.92. The van der Waals surface area contributed by atoms with Crippen molar-refractivity contribution < 1.29 is 9.53 Å². The summed E-state index contributed by atoms with van der Waals surface area (Å²) in [6.07, 6.45) is 0. The monoisotopic (exact) mass is 369 g/mol. The molecule has 2 aromatic rings. The molecule has 0 radical (unpaired) electrons. The largest absolute Gasteiger partial charge is 0.496 e. The zero-order valence-electron chi connectivity index (χ0n) is 13.4. The molecule has 2 rings (SSSR count). The van der Waals surface area contributed by atoms with Crippen molar-refractivity contribution in [2.45, 2.75) is 25.6 Å². The Morgan fingerprint density at radius 1 is 1.39 bits per heavy atom. The van der Waals surface area contributed by atoms with E-state index < -0.39 is 0 Å². The average molecular weight is 370 g/mol. The molecule has 0 aliphatic rings. The molecule has 0 spiro atoms. The normalized spacial score (nSPS) is 12.0. The van der Waals surface area contributed by atoms with Crippen LogP contribution in [0.2, 0.25) is 4.34 Å². The van der Waals surface area contributed by atoms with Gasteiger partial charge in [0.2, 0.25) is 5.91 Å². The van der Waals surface area contributed by atoms with Crippen molar-refractivity contribution in [3.63, 3.8) is 0 Å². The molecule has 1 atom stereocenters. The number of methoxy groups -OCH3 is 1. The number of amides is 1. The summed E-state index contributed by atoms with van der Waals surface area (Å²) in [5.74, 6) is 2.04. The molecule has 0 saturated carbocycles. The van der Waals surface area contributed by atoms with Crippen LogP contribution in [0.4, 0.5) is 0 Å². The van der Waals surface area contributed by atoms with Gasteiger partial charge >= 0.3 is 0 Å². The second kappa shape index (κ2) is 8.62. The minimum atomic E-state index is -0.0888. The summed E-state index contributed by atoms with van der Waals surface area (Å²) in [5.41, 5.74) is 2.14. The van der Waals surface area contributed by atoms with Crippen LogP contribution in [0, 0.1) is 6.92 Å². The lowest BCUT2D eigenvalue weighted by Crippen LogP contribution is -2.28. The SMILES string of the molecule is COc1ccc(C)cc1[C@H](C)NC(=O)CSCc1ccc(Cl)s1. The van der Waals surface area contributed by atoms with Crippen LogP contribution in [0.5, 0.6) is 5.75 Å². The third-order valence-electron chi connectivity index (χ3n) is 3.34. The van der Waals surface area contributed by atoms with Gasteiger partial charge in [-0.25, -0.2) is 0 Å². The number of thioether (sulfide) groups is 1. The van der Waals surface area contributed by atoms with E-state index in [0.29, 0.717) is 5.75 Å². The number of nitrogens with one attached hydrogen (secondary N) is 1. The number of ether oxygens (including phenoxy) is 1. The van der Waals surface area contributed by atoms with E-state index in [4.69, 9.17) is 16.3 Å². The first-order valence-corrected chi connectivity index (χ1v) is 9.60. The molecule has 1 aromatic heterocycles. The topological polar surface area (TPSA) is 38.3 Å². The molecule has 0 unspecified atom stereocenters. The van der Waals surface area contributed by atoms with Gasteiger partial charge in [0.15, 0.2) is 0 Å². The van der Waals surface area contributed by atoms with Gasteiger partial charge in [0.25, 0.3) is 0 Å². The second-order valence-electron chi connectivity index (χ2n) is 5.23. The molecule has 1 aromatic carbocycles. The summed E-state index contributed by atoms with van der Waals surface area (Å²) < 4.78 is 6.16. The number of thiophene rings is 1. The highest BCUT2D eigenvalue weighted by molar-refractivity contribution is 7.99. The fourth-order valence-electron chi connectivity index (χ4n) is 2.23. The van der Waals surface area contributed by atoms with Crippen LogP contribution in [-0.2, 0) is 10.5 Å². The van der Waals surface area contributed by atoms with E-state index in [1.54, 1.807) is 30.2 Å². The van der Waals surface area contributed by atoms with E-state index >= 15 is 0 Å². The van der Waals surface area contributed by atoms with Crippen LogP contribution in [0.3, 0.4) is 0 Å². The van der Waals surface area contributed by atoms with Crippen molar-refractivity contribution in [1.82, 2.24) is 5.32 Å². The van der Waals surface area contributed by atoms with Gasteiger partial charge in [-0.2, -0.15) is 0 Å². The molecular formula is C17H20ClNO2S2. The number of carbonyl (C=O) groups excluding carboxylic acids is 1. The summed E-state index contributed by atoms with van der Waals surface area (Å²) in [4.78, 5) is 13.3. The summed E-state index contributed by atoms with van der Waals surface area (Å²) in [7, 11) is 1.64. The lowest BCUT2D eigenvalue weighted by Gasteiger charge is -2.18. The predicted octanol–water partition coefficient (Wildman–Crippen LogP) is 4.83. The van der Waals surface area contributed by atoms with Crippen LogP contribution in [0.15, 0.2) is 30.3 Å². The Bertz CT molecular complexity index is 672. The Hall–Kier alpha value is -1.17. The lowest BCUT2D eigenvalue weighted by molar-refractivity contribution is -0.119. The Morgan fingerprint density at radius 2 is 2.17 bits per heavy atom. The van der Waals surface area contributed by atoms with Gasteiger partial charge in [0, 0.05) is 16.2 Å². The first-order valence-electron chi connectivity index (χ1n) is 7.25. The molecule has 0 aliphatic heterocycles. The van der Waals surface area contributed by atoms with E-state index in [1.165, 1.54) is 4.88 Å². The fraction of sp³-hybridized carbons (Fsp3) is 0.353. The van der Waals surface area contributed by atoms with E-state index in [2.05, 4.69) is 5.32 Å². The van der Waals surface area contributed by atoms with Crippen molar-refractivity contribution in [2.75, 3.05) is 12.9 Å². The van der Waals surface area contributed by atoms with Crippen LogP contribution < -0.4 is 10.1 Å². The molecule has 6 heteroatoms. The van der Waals surface area contributed by atoms with Gasteiger partial charge in [-0.3, -0.25) is 4.79 Å².